The van der Waals surface area contributed by atoms with Gasteiger partial charge in [0.15, 0.2) is 0 Å². The Morgan fingerprint density at radius 3 is 2.09 bits per heavy atom. The molecule has 5 aromatic carbocycles. The van der Waals surface area contributed by atoms with Gasteiger partial charge in [0, 0.05) is 28.8 Å². The number of fused-ring (bicyclic) bond motifs is 5. The van der Waals surface area contributed by atoms with E-state index in [9.17, 15) is 0 Å². The van der Waals surface area contributed by atoms with Crippen molar-refractivity contribution in [2.45, 2.75) is 66.2 Å². The first kappa shape index (κ1) is 35.1. The Kier molecular flexibility index (Phi) is 8.94. The van der Waals surface area contributed by atoms with Gasteiger partial charge in [0.05, 0.1) is 16.9 Å². The van der Waals surface area contributed by atoms with Crippen LogP contribution in [0, 0.1) is 26.0 Å². The molecule has 4 heterocycles. The number of ether oxygens (including phenoxy) is 2. The minimum Gasteiger partial charge on any atom is -0.503 e. The first-order valence-electron chi connectivity index (χ1n) is 18.3. The Morgan fingerprint density at radius 1 is 0.755 bits per heavy atom. The second-order valence-corrected chi connectivity index (χ2v) is 15.2. The van der Waals surface area contributed by atoms with Gasteiger partial charge in [-0.25, -0.2) is 0 Å². The van der Waals surface area contributed by atoms with Gasteiger partial charge in [-0.15, -0.1) is 58.5 Å². The molecule has 0 spiro atoms. The molecule has 0 saturated carbocycles. The third-order valence-electron chi connectivity index (χ3n) is 10.5. The number of aryl methyl sites for hydroxylation is 3. The molecule has 2 aliphatic heterocycles. The Labute approximate surface area is 326 Å². The maximum atomic E-state index is 6.78. The summed E-state index contributed by atoms with van der Waals surface area (Å²) in [7, 11) is 0. The Hall–Kier alpha value is -4.93. The summed E-state index contributed by atoms with van der Waals surface area (Å²) in [6, 6.07) is 39.5. The molecule has 9 rings (SSSR count). The molecular formula is C46H40BN3O2Pt. The number of para-hydroxylation sites is 3. The molecule has 0 atom stereocenters. The summed E-state index contributed by atoms with van der Waals surface area (Å²) in [5.41, 5.74) is 13.5. The van der Waals surface area contributed by atoms with Crippen LogP contribution >= 0.6 is 0 Å². The molecule has 0 amide bonds. The van der Waals surface area contributed by atoms with E-state index in [4.69, 9.17) is 19.4 Å². The molecular weight excluding hydrogens is 832 g/mol. The molecule has 0 fully saturated rings. The largest absolute Gasteiger partial charge is 2.00 e. The van der Waals surface area contributed by atoms with Gasteiger partial charge in [-0.1, -0.05) is 76.1 Å². The van der Waals surface area contributed by atoms with E-state index in [2.05, 4.69) is 143 Å². The van der Waals surface area contributed by atoms with Crippen LogP contribution in [0.3, 0.4) is 0 Å². The van der Waals surface area contributed by atoms with E-state index in [1.807, 2.05) is 12.3 Å². The van der Waals surface area contributed by atoms with Gasteiger partial charge >= 0.3 is 21.1 Å². The first-order chi connectivity index (χ1) is 25.2. The number of unbranched alkanes of at least 4 members (excludes halogenated alkanes) is 1. The zero-order chi connectivity index (χ0) is 35.7. The number of pyridine rings is 1. The van der Waals surface area contributed by atoms with E-state index < -0.39 is 0 Å². The standard InChI is InChI=1S/C46H40BN3O2.Pt/c1-7-8-14-30-21-22-48-37(23-30)31-17-19-39-34(24-31)47-35-25-32(18-20-40(35)52-42-27-33(46(4,5)6)26-41(51-39)43(42)47)45-49-36-15-9-10-16-38(36)50(45)44-28(2)12-11-13-29(44)3;/h9-13,15-23,26-27H,7-8,14H2,1-6H3;/q-2;+2. The third kappa shape index (κ3) is 6.02. The normalized spacial score (nSPS) is 12.7. The quantitative estimate of drug-likeness (QED) is 0.124. The van der Waals surface area contributed by atoms with E-state index in [0.29, 0.717) is 0 Å². The molecule has 0 radical (unpaired) electrons. The van der Waals surface area contributed by atoms with Crippen LogP contribution in [-0.2, 0) is 32.9 Å². The molecule has 0 aliphatic carbocycles. The molecule has 0 saturated heterocycles. The minimum atomic E-state index is -0.215. The zero-order valence-corrected chi connectivity index (χ0v) is 33.2. The van der Waals surface area contributed by atoms with Gasteiger partial charge in [0.1, 0.15) is 11.5 Å². The third-order valence-corrected chi connectivity index (χ3v) is 10.5. The Bertz CT molecular complexity index is 2510. The monoisotopic (exact) mass is 872 g/mol. The first-order valence-corrected chi connectivity index (χ1v) is 18.3. The predicted octanol–water partition coefficient (Wildman–Crippen LogP) is 9.34. The van der Waals surface area contributed by atoms with Crippen molar-refractivity contribution in [3.8, 4) is 51.3 Å². The summed E-state index contributed by atoms with van der Waals surface area (Å²) in [5.74, 6) is 4.03. The summed E-state index contributed by atoms with van der Waals surface area (Å²) >= 11 is 0. The fraction of sp³-hybridized carbons (Fsp3) is 0.217. The molecule has 7 heteroatoms. The van der Waals surface area contributed by atoms with Gasteiger partial charge < -0.3 is 19.0 Å². The number of hydrogen-bond donors (Lipinski definition) is 0. The second-order valence-electron chi connectivity index (χ2n) is 15.2. The van der Waals surface area contributed by atoms with Crippen LogP contribution in [0.2, 0.25) is 0 Å². The van der Waals surface area contributed by atoms with E-state index in [1.54, 1.807) is 0 Å². The summed E-state index contributed by atoms with van der Waals surface area (Å²) in [4.78, 5) is 10.0. The average Bonchev–Trinajstić information content (AvgIpc) is 3.52. The Balaban J connectivity index is 0.00000400. The van der Waals surface area contributed by atoms with E-state index in [-0.39, 0.29) is 33.2 Å². The molecule has 2 aromatic heterocycles. The van der Waals surface area contributed by atoms with Crippen molar-refractivity contribution in [2.24, 2.45) is 0 Å². The molecule has 5 nitrogen and oxygen atoms in total. The molecule has 53 heavy (non-hydrogen) atoms. The number of rotatable bonds is 6. The fourth-order valence-electron chi connectivity index (χ4n) is 7.79. The second kappa shape index (κ2) is 13.5. The van der Waals surface area contributed by atoms with E-state index >= 15 is 0 Å². The van der Waals surface area contributed by atoms with Crippen molar-refractivity contribution >= 4 is 34.1 Å². The van der Waals surface area contributed by atoms with Crippen LogP contribution in [0.15, 0.2) is 97.2 Å². The van der Waals surface area contributed by atoms with Crippen molar-refractivity contribution in [3.05, 3.63) is 132 Å². The van der Waals surface area contributed by atoms with Gasteiger partial charge in [-0.05, 0) is 84.8 Å². The molecule has 0 N–H and O–H groups in total. The van der Waals surface area contributed by atoms with Crippen LogP contribution in [-0.4, -0.2) is 21.2 Å². The van der Waals surface area contributed by atoms with Gasteiger partial charge in [-0.3, -0.25) is 4.98 Å². The van der Waals surface area contributed by atoms with Crippen LogP contribution in [0.5, 0.6) is 23.0 Å². The van der Waals surface area contributed by atoms with E-state index in [1.165, 1.54) is 16.7 Å². The van der Waals surface area contributed by atoms with Gasteiger partial charge in [0.2, 0.25) is 6.71 Å². The maximum Gasteiger partial charge on any atom is 2.00 e. The maximum absolute atomic E-state index is 6.78. The van der Waals surface area contributed by atoms with Crippen LogP contribution < -0.4 is 25.9 Å². The number of nitrogens with zero attached hydrogens (tertiary/aromatic N) is 3. The molecule has 2 aliphatic rings. The number of imidazole rings is 1. The van der Waals surface area contributed by atoms with Crippen LogP contribution in [0.1, 0.15) is 62.8 Å². The van der Waals surface area contributed by atoms with Crippen molar-refractivity contribution in [1.29, 1.82) is 0 Å². The van der Waals surface area contributed by atoms with Crippen molar-refractivity contribution < 1.29 is 30.5 Å². The zero-order valence-electron chi connectivity index (χ0n) is 30.9. The summed E-state index contributed by atoms with van der Waals surface area (Å²) in [5, 5.41) is 0. The number of benzene rings is 5. The molecule has 0 unspecified atom stereocenters. The summed E-state index contributed by atoms with van der Waals surface area (Å²) in [6.45, 7) is 13.0. The van der Waals surface area contributed by atoms with Crippen molar-refractivity contribution in [2.75, 3.05) is 0 Å². The SMILES string of the molecule is CCCCc1ccnc(-c2[c-]c3c(cc2)Oc2cc(C(C)(C)C)cc4c2B3c2[c-]c(-c3nc5ccccc5n3-c3c(C)cccc3C)ccc2O4)c1.[Pt+2]. The van der Waals surface area contributed by atoms with Crippen molar-refractivity contribution in [3.63, 3.8) is 0 Å². The average molecular weight is 873 g/mol. The number of hydrogen-bond acceptors (Lipinski definition) is 4. The molecule has 264 valence electrons. The molecule has 0 bridgehead atoms. The smallest absolute Gasteiger partial charge is 0.503 e. The van der Waals surface area contributed by atoms with E-state index in [0.717, 1.165) is 104 Å². The summed E-state index contributed by atoms with van der Waals surface area (Å²) in [6.07, 6.45) is 5.25. The van der Waals surface area contributed by atoms with Crippen molar-refractivity contribution in [1.82, 2.24) is 14.5 Å². The van der Waals surface area contributed by atoms with Crippen LogP contribution in [0.25, 0.3) is 39.4 Å². The predicted molar refractivity (Wildman–Crippen MR) is 212 cm³/mol. The van der Waals surface area contributed by atoms with Gasteiger partial charge in [0.25, 0.3) is 0 Å². The van der Waals surface area contributed by atoms with Crippen LogP contribution in [0.4, 0.5) is 0 Å². The van der Waals surface area contributed by atoms with Gasteiger partial charge in [-0.2, -0.15) is 0 Å². The summed E-state index contributed by atoms with van der Waals surface area (Å²) < 4.78 is 15.8. The fourth-order valence-corrected chi connectivity index (χ4v) is 7.79. The Morgan fingerprint density at radius 2 is 1.42 bits per heavy atom. The topological polar surface area (TPSA) is 49.2 Å². The minimum absolute atomic E-state index is 0. The molecule has 7 aromatic rings. The number of aromatic nitrogens is 3.